The number of aromatic amines is 1. The van der Waals surface area contributed by atoms with Gasteiger partial charge in [0.05, 0.1) is 4.90 Å². The van der Waals surface area contributed by atoms with Crippen LogP contribution in [0.4, 0.5) is 5.69 Å². The average molecular weight is 372 g/mol. The molecule has 0 amide bonds. The van der Waals surface area contributed by atoms with Crippen molar-refractivity contribution in [2.24, 2.45) is 18.1 Å². The Kier molecular flexibility index (Phi) is 3.89. The van der Waals surface area contributed by atoms with Gasteiger partial charge in [-0.25, -0.2) is 13.6 Å². The van der Waals surface area contributed by atoms with Crippen molar-refractivity contribution in [2.75, 3.05) is 11.9 Å². The van der Waals surface area contributed by atoms with Crippen LogP contribution in [0.25, 0.3) is 22.0 Å². The second kappa shape index (κ2) is 6.00. The van der Waals surface area contributed by atoms with Crippen LogP contribution in [0.1, 0.15) is 12.8 Å². The first kappa shape index (κ1) is 16.9. The van der Waals surface area contributed by atoms with Crippen LogP contribution in [0.2, 0.25) is 0 Å². The largest absolute Gasteiger partial charge is 0.384 e. The number of aromatic nitrogens is 2. The van der Waals surface area contributed by atoms with E-state index in [0.717, 1.165) is 23.2 Å². The maximum Gasteiger partial charge on any atom is 0.274 e. The normalized spacial score (nSPS) is 14.7. The lowest BCUT2D eigenvalue weighted by Crippen LogP contribution is -2.17. The highest BCUT2D eigenvalue weighted by molar-refractivity contribution is 7.89. The third-order valence-corrected chi connectivity index (χ3v) is 5.69. The minimum atomic E-state index is -3.83. The average Bonchev–Trinajstić information content (AvgIpc) is 3.29. The highest BCUT2D eigenvalue weighted by atomic mass is 32.2. The molecule has 2 aromatic heterocycles. The van der Waals surface area contributed by atoms with Gasteiger partial charge in [0, 0.05) is 48.2 Å². The molecular weight excluding hydrogens is 352 g/mol. The number of H-pyrrole nitrogens is 1. The molecule has 0 saturated heterocycles. The third kappa shape index (κ3) is 3.02. The first-order chi connectivity index (χ1) is 12.3. The van der Waals surface area contributed by atoms with Crippen LogP contribution in [0.5, 0.6) is 0 Å². The Labute approximate surface area is 150 Å². The summed E-state index contributed by atoms with van der Waals surface area (Å²) < 4.78 is 25.2. The number of sulfonamides is 1. The van der Waals surface area contributed by atoms with E-state index in [1.807, 2.05) is 6.07 Å². The molecule has 136 valence electrons. The van der Waals surface area contributed by atoms with Gasteiger partial charge >= 0.3 is 0 Å². The lowest BCUT2D eigenvalue weighted by Gasteiger charge is -2.15. The van der Waals surface area contributed by atoms with E-state index in [-0.39, 0.29) is 10.5 Å². The number of hydrogen-bond donors (Lipinski definition) is 3. The SMILES string of the molecule is Cn1cc(-c2cc(S(N)(=O)=O)ccc2NCC2CC2)c2cc[nH]c2c1=O. The lowest BCUT2D eigenvalue weighted by molar-refractivity contribution is 0.598. The molecule has 7 nitrogen and oxygen atoms in total. The molecule has 1 fully saturated rings. The van der Waals surface area contributed by atoms with E-state index >= 15 is 0 Å². The van der Waals surface area contributed by atoms with E-state index < -0.39 is 10.0 Å². The third-order valence-electron chi connectivity index (χ3n) is 4.78. The van der Waals surface area contributed by atoms with E-state index in [2.05, 4.69) is 10.3 Å². The molecule has 1 aliphatic carbocycles. The predicted molar refractivity (Wildman–Crippen MR) is 102 cm³/mol. The second-order valence-electron chi connectivity index (χ2n) is 6.80. The van der Waals surface area contributed by atoms with Crippen LogP contribution >= 0.6 is 0 Å². The van der Waals surface area contributed by atoms with Crippen LogP contribution in [0.3, 0.4) is 0 Å². The molecule has 3 aromatic rings. The van der Waals surface area contributed by atoms with Gasteiger partial charge in [-0.3, -0.25) is 4.79 Å². The van der Waals surface area contributed by atoms with Crippen molar-refractivity contribution in [1.29, 1.82) is 0 Å². The Hall–Kier alpha value is -2.58. The lowest BCUT2D eigenvalue weighted by atomic mass is 10.0. The van der Waals surface area contributed by atoms with Gasteiger partial charge in [0.1, 0.15) is 5.52 Å². The Balaban J connectivity index is 1.94. The van der Waals surface area contributed by atoms with Crippen molar-refractivity contribution < 1.29 is 8.42 Å². The molecule has 0 bridgehead atoms. The molecule has 2 heterocycles. The summed E-state index contributed by atoms with van der Waals surface area (Å²) in [6, 6.07) is 6.63. The van der Waals surface area contributed by atoms with Gasteiger partial charge in [-0.05, 0) is 43.0 Å². The molecular formula is C18H20N4O3S. The van der Waals surface area contributed by atoms with Crippen molar-refractivity contribution in [3.8, 4) is 11.1 Å². The summed E-state index contributed by atoms with van der Waals surface area (Å²) in [6.07, 6.45) is 5.85. The van der Waals surface area contributed by atoms with E-state index in [1.165, 1.54) is 23.5 Å². The molecule has 1 aliphatic rings. The van der Waals surface area contributed by atoms with E-state index in [0.29, 0.717) is 17.0 Å². The number of rotatable bonds is 5. The summed E-state index contributed by atoms with van der Waals surface area (Å²) in [4.78, 5) is 15.3. The van der Waals surface area contributed by atoms with Gasteiger partial charge in [0.2, 0.25) is 10.0 Å². The van der Waals surface area contributed by atoms with Crippen molar-refractivity contribution in [1.82, 2.24) is 9.55 Å². The van der Waals surface area contributed by atoms with E-state index in [1.54, 1.807) is 31.6 Å². The summed E-state index contributed by atoms with van der Waals surface area (Å²) in [7, 11) is -2.16. The number of nitrogens with one attached hydrogen (secondary N) is 2. The predicted octanol–water partition coefficient (Wildman–Crippen LogP) is 2.00. The van der Waals surface area contributed by atoms with Gasteiger partial charge in [0.25, 0.3) is 5.56 Å². The Morgan fingerprint density at radius 2 is 2.04 bits per heavy atom. The van der Waals surface area contributed by atoms with Crippen molar-refractivity contribution in [3.05, 3.63) is 47.0 Å². The fraction of sp³-hybridized carbons (Fsp3) is 0.278. The summed E-state index contributed by atoms with van der Waals surface area (Å²) in [5.41, 5.74) is 2.65. The quantitative estimate of drug-likeness (QED) is 0.636. The molecule has 4 N–H and O–H groups in total. The number of primary sulfonamides is 1. The van der Waals surface area contributed by atoms with Crippen molar-refractivity contribution >= 4 is 26.6 Å². The fourth-order valence-corrected chi connectivity index (χ4v) is 3.68. The molecule has 26 heavy (non-hydrogen) atoms. The fourth-order valence-electron chi connectivity index (χ4n) is 3.14. The molecule has 1 saturated carbocycles. The number of fused-ring (bicyclic) bond motifs is 1. The Morgan fingerprint density at radius 1 is 1.27 bits per heavy atom. The minimum Gasteiger partial charge on any atom is -0.384 e. The molecule has 1 aromatic carbocycles. The van der Waals surface area contributed by atoms with Crippen LogP contribution in [-0.2, 0) is 17.1 Å². The minimum absolute atomic E-state index is 0.0435. The highest BCUT2D eigenvalue weighted by Crippen LogP contribution is 2.36. The number of anilines is 1. The van der Waals surface area contributed by atoms with Gasteiger partial charge in [-0.2, -0.15) is 0 Å². The topological polar surface area (TPSA) is 110 Å². The molecule has 0 spiro atoms. The Bertz CT molecular complexity index is 1160. The first-order valence-corrected chi connectivity index (χ1v) is 9.97. The first-order valence-electron chi connectivity index (χ1n) is 8.42. The number of nitrogens with zero attached hydrogens (tertiary/aromatic N) is 1. The summed E-state index contributed by atoms with van der Waals surface area (Å²) in [5, 5.41) is 9.48. The van der Waals surface area contributed by atoms with E-state index in [4.69, 9.17) is 5.14 Å². The monoisotopic (exact) mass is 372 g/mol. The van der Waals surface area contributed by atoms with Crippen LogP contribution in [0, 0.1) is 5.92 Å². The molecule has 0 unspecified atom stereocenters. The van der Waals surface area contributed by atoms with Crippen LogP contribution in [0.15, 0.2) is 46.3 Å². The highest BCUT2D eigenvalue weighted by Gasteiger charge is 2.22. The molecule has 8 heteroatoms. The molecule has 0 atom stereocenters. The summed E-state index contributed by atoms with van der Waals surface area (Å²) in [6.45, 7) is 0.837. The summed E-state index contributed by atoms with van der Waals surface area (Å²) >= 11 is 0. The molecule has 0 aliphatic heterocycles. The van der Waals surface area contributed by atoms with E-state index in [9.17, 15) is 13.2 Å². The number of nitrogens with two attached hydrogens (primary N) is 1. The zero-order valence-corrected chi connectivity index (χ0v) is 15.1. The number of hydrogen-bond acceptors (Lipinski definition) is 4. The number of pyridine rings is 1. The second-order valence-corrected chi connectivity index (χ2v) is 8.36. The maximum absolute atomic E-state index is 12.3. The maximum atomic E-state index is 12.3. The van der Waals surface area contributed by atoms with Gasteiger partial charge in [-0.1, -0.05) is 0 Å². The van der Waals surface area contributed by atoms with Crippen LogP contribution < -0.4 is 16.0 Å². The van der Waals surface area contributed by atoms with Crippen molar-refractivity contribution in [2.45, 2.75) is 17.7 Å². The zero-order valence-electron chi connectivity index (χ0n) is 14.3. The van der Waals surface area contributed by atoms with Gasteiger partial charge in [0.15, 0.2) is 0 Å². The molecule has 4 rings (SSSR count). The van der Waals surface area contributed by atoms with Gasteiger partial charge in [-0.15, -0.1) is 0 Å². The van der Waals surface area contributed by atoms with Crippen molar-refractivity contribution in [3.63, 3.8) is 0 Å². The standard InChI is InChI=1S/C18H20N4O3S/c1-22-10-15(13-6-7-20-17(13)18(22)23)14-8-12(26(19,24)25)4-5-16(14)21-9-11-2-3-11/h4-8,10-11,20-21H,2-3,9H2,1H3,(H2,19,24,25). The summed E-state index contributed by atoms with van der Waals surface area (Å²) in [5.74, 6) is 0.660. The van der Waals surface area contributed by atoms with Gasteiger partial charge < -0.3 is 14.9 Å². The number of benzene rings is 1. The smallest absolute Gasteiger partial charge is 0.274 e. The zero-order chi connectivity index (χ0) is 18.5. The molecule has 0 radical (unpaired) electrons. The van der Waals surface area contributed by atoms with Crippen LogP contribution in [-0.4, -0.2) is 24.5 Å². The number of aryl methyl sites for hydroxylation is 1. The Morgan fingerprint density at radius 3 is 2.73 bits per heavy atom.